The molecule has 1 atom stereocenters. The summed E-state index contributed by atoms with van der Waals surface area (Å²) in [6.07, 6.45) is 14.8. The molecule has 0 bridgehead atoms. The zero-order valence-corrected chi connectivity index (χ0v) is 9.34. The Kier molecular flexibility index (Phi) is 4.30. The van der Waals surface area contributed by atoms with E-state index in [1.54, 1.807) is 0 Å². The van der Waals surface area contributed by atoms with Crippen LogP contribution in [0.2, 0.25) is 0 Å². The molecular formula is C13H24O. The Labute approximate surface area is 88.2 Å². The summed E-state index contributed by atoms with van der Waals surface area (Å²) in [5.41, 5.74) is 0. The van der Waals surface area contributed by atoms with Crippen LogP contribution in [0.3, 0.4) is 0 Å². The normalized spacial score (nSPS) is 30.4. The lowest BCUT2D eigenvalue weighted by atomic mass is 9.85. The van der Waals surface area contributed by atoms with Gasteiger partial charge in [-0.1, -0.05) is 32.1 Å². The first-order valence-corrected chi connectivity index (χ1v) is 6.57. The van der Waals surface area contributed by atoms with Gasteiger partial charge in [-0.05, 0) is 38.0 Å². The quantitative estimate of drug-likeness (QED) is 0.665. The Balaban J connectivity index is 1.60. The summed E-state index contributed by atoms with van der Waals surface area (Å²) in [5, 5.41) is 0. The van der Waals surface area contributed by atoms with Gasteiger partial charge >= 0.3 is 0 Å². The van der Waals surface area contributed by atoms with Gasteiger partial charge in [0.25, 0.3) is 0 Å². The van der Waals surface area contributed by atoms with Crippen LogP contribution < -0.4 is 0 Å². The summed E-state index contributed by atoms with van der Waals surface area (Å²) in [6, 6.07) is 0. The van der Waals surface area contributed by atoms with E-state index >= 15 is 0 Å². The Morgan fingerprint density at radius 3 is 2.29 bits per heavy atom. The Hall–Kier alpha value is -0.0400. The van der Waals surface area contributed by atoms with Crippen molar-refractivity contribution in [2.45, 2.75) is 70.3 Å². The summed E-state index contributed by atoms with van der Waals surface area (Å²) < 4.78 is 5.77. The molecule has 1 unspecified atom stereocenters. The zero-order valence-electron chi connectivity index (χ0n) is 9.34. The number of ether oxygens (including phenoxy) is 1. The largest absolute Gasteiger partial charge is 0.378 e. The molecule has 0 aromatic heterocycles. The Morgan fingerprint density at radius 2 is 1.57 bits per heavy atom. The molecule has 1 saturated heterocycles. The highest BCUT2D eigenvalue weighted by Gasteiger charge is 2.18. The van der Waals surface area contributed by atoms with E-state index in [9.17, 15) is 0 Å². The van der Waals surface area contributed by atoms with E-state index in [2.05, 4.69) is 0 Å². The van der Waals surface area contributed by atoms with Gasteiger partial charge < -0.3 is 4.74 Å². The van der Waals surface area contributed by atoms with E-state index in [4.69, 9.17) is 4.74 Å². The van der Waals surface area contributed by atoms with Crippen LogP contribution in [0.1, 0.15) is 64.2 Å². The molecule has 1 heterocycles. The molecule has 0 aromatic carbocycles. The highest BCUT2D eigenvalue weighted by atomic mass is 16.5. The topological polar surface area (TPSA) is 9.23 Å². The molecular weight excluding hydrogens is 172 g/mol. The Bertz CT molecular complexity index is 125. The highest BCUT2D eigenvalue weighted by Crippen LogP contribution is 2.29. The third-order valence-corrected chi connectivity index (χ3v) is 3.90. The fourth-order valence-corrected chi connectivity index (χ4v) is 2.93. The van der Waals surface area contributed by atoms with Crippen LogP contribution in [0.4, 0.5) is 0 Å². The number of hydrogen-bond acceptors (Lipinski definition) is 1. The Morgan fingerprint density at radius 1 is 0.786 bits per heavy atom. The van der Waals surface area contributed by atoms with Crippen LogP contribution in [0.25, 0.3) is 0 Å². The maximum absolute atomic E-state index is 5.77. The molecule has 1 aliphatic carbocycles. The van der Waals surface area contributed by atoms with Crippen molar-refractivity contribution in [3.8, 4) is 0 Å². The van der Waals surface area contributed by atoms with Crippen LogP contribution in [-0.2, 0) is 4.74 Å². The van der Waals surface area contributed by atoms with Crippen LogP contribution in [0.5, 0.6) is 0 Å². The molecule has 0 aromatic rings. The maximum Gasteiger partial charge on any atom is 0.0575 e. The molecule has 1 nitrogen and oxygen atoms in total. The van der Waals surface area contributed by atoms with Gasteiger partial charge in [0.05, 0.1) is 6.10 Å². The zero-order chi connectivity index (χ0) is 9.64. The molecule has 2 fully saturated rings. The summed E-state index contributed by atoms with van der Waals surface area (Å²) in [5.74, 6) is 1.04. The lowest BCUT2D eigenvalue weighted by Crippen LogP contribution is -2.20. The number of hydrogen-bond donors (Lipinski definition) is 0. The first kappa shape index (κ1) is 10.5. The molecule has 1 aliphatic heterocycles. The van der Waals surface area contributed by atoms with Crippen LogP contribution in [0.15, 0.2) is 0 Å². The fraction of sp³-hybridized carbons (Fsp3) is 1.00. The second kappa shape index (κ2) is 5.75. The molecule has 0 N–H and O–H groups in total. The lowest BCUT2D eigenvalue weighted by molar-refractivity contribution is 0.00671. The van der Waals surface area contributed by atoms with Crippen molar-refractivity contribution in [2.24, 2.45) is 5.92 Å². The van der Waals surface area contributed by atoms with Gasteiger partial charge in [-0.15, -0.1) is 0 Å². The summed E-state index contributed by atoms with van der Waals surface area (Å²) in [6.45, 7) is 1.02. The van der Waals surface area contributed by atoms with E-state index in [0.29, 0.717) is 6.10 Å². The minimum absolute atomic E-state index is 0.616. The van der Waals surface area contributed by atoms with Gasteiger partial charge in [0, 0.05) is 6.61 Å². The predicted molar refractivity (Wildman–Crippen MR) is 59.4 cm³/mol. The van der Waals surface area contributed by atoms with Crippen LogP contribution in [-0.4, -0.2) is 12.7 Å². The maximum atomic E-state index is 5.77. The van der Waals surface area contributed by atoms with Crippen LogP contribution >= 0.6 is 0 Å². The van der Waals surface area contributed by atoms with Crippen molar-refractivity contribution in [2.75, 3.05) is 6.61 Å². The van der Waals surface area contributed by atoms with E-state index < -0.39 is 0 Å². The SMILES string of the molecule is C1CCC(CCC2CCCCO2)CC1. The minimum atomic E-state index is 0.616. The monoisotopic (exact) mass is 196 g/mol. The van der Waals surface area contributed by atoms with Gasteiger partial charge in [0.15, 0.2) is 0 Å². The van der Waals surface area contributed by atoms with Crippen molar-refractivity contribution in [3.05, 3.63) is 0 Å². The second-order valence-corrected chi connectivity index (χ2v) is 5.07. The third kappa shape index (κ3) is 3.27. The van der Waals surface area contributed by atoms with E-state index in [-0.39, 0.29) is 0 Å². The molecule has 0 spiro atoms. The van der Waals surface area contributed by atoms with Crippen molar-refractivity contribution in [3.63, 3.8) is 0 Å². The molecule has 0 radical (unpaired) electrons. The van der Waals surface area contributed by atoms with Gasteiger partial charge in [0.1, 0.15) is 0 Å². The van der Waals surface area contributed by atoms with Gasteiger partial charge in [-0.25, -0.2) is 0 Å². The molecule has 0 amide bonds. The summed E-state index contributed by atoms with van der Waals surface area (Å²) >= 11 is 0. The average Bonchev–Trinajstić information content (AvgIpc) is 2.29. The second-order valence-electron chi connectivity index (χ2n) is 5.07. The first-order chi connectivity index (χ1) is 6.95. The first-order valence-electron chi connectivity index (χ1n) is 6.57. The minimum Gasteiger partial charge on any atom is -0.378 e. The van der Waals surface area contributed by atoms with E-state index in [1.165, 1.54) is 64.2 Å². The molecule has 2 rings (SSSR count). The standard InChI is InChI=1S/C13H24O/c1-2-6-12(7-3-1)9-10-13-8-4-5-11-14-13/h12-13H,1-11H2. The highest BCUT2D eigenvalue weighted by molar-refractivity contribution is 4.70. The van der Waals surface area contributed by atoms with Crippen molar-refractivity contribution in [1.82, 2.24) is 0 Å². The molecule has 1 heteroatoms. The number of rotatable bonds is 3. The molecule has 14 heavy (non-hydrogen) atoms. The average molecular weight is 196 g/mol. The van der Waals surface area contributed by atoms with E-state index in [1.807, 2.05) is 0 Å². The fourth-order valence-electron chi connectivity index (χ4n) is 2.93. The van der Waals surface area contributed by atoms with Crippen molar-refractivity contribution >= 4 is 0 Å². The van der Waals surface area contributed by atoms with Crippen molar-refractivity contribution < 1.29 is 4.74 Å². The van der Waals surface area contributed by atoms with Crippen molar-refractivity contribution in [1.29, 1.82) is 0 Å². The molecule has 82 valence electrons. The third-order valence-electron chi connectivity index (χ3n) is 3.90. The van der Waals surface area contributed by atoms with Gasteiger partial charge in [0.2, 0.25) is 0 Å². The summed E-state index contributed by atoms with van der Waals surface area (Å²) in [7, 11) is 0. The molecule has 1 saturated carbocycles. The lowest BCUT2D eigenvalue weighted by Gasteiger charge is -2.26. The van der Waals surface area contributed by atoms with Crippen LogP contribution in [0, 0.1) is 5.92 Å². The van der Waals surface area contributed by atoms with Gasteiger partial charge in [-0.3, -0.25) is 0 Å². The predicted octanol–water partition coefficient (Wildman–Crippen LogP) is 3.92. The smallest absolute Gasteiger partial charge is 0.0575 e. The molecule has 2 aliphatic rings. The van der Waals surface area contributed by atoms with Gasteiger partial charge in [-0.2, -0.15) is 0 Å². The summed E-state index contributed by atoms with van der Waals surface area (Å²) in [4.78, 5) is 0. The van der Waals surface area contributed by atoms with E-state index in [0.717, 1.165) is 12.5 Å².